The van der Waals surface area contributed by atoms with Gasteiger partial charge in [-0.25, -0.2) is 12.8 Å². The number of hydrogen-bond acceptors (Lipinski definition) is 3. The van der Waals surface area contributed by atoms with E-state index in [2.05, 4.69) is 26.0 Å². The van der Waals surface area contributed by atoms with Crippen LogP contribution in [0.15, 0.2) is 46.9 Å². The summed E-state index contributed by atoms with van der Waals surface area (Å²) in [5.74, 6) is -1.12. The van der Waals surface area contributed by atoms with E-state index in [1.165, 1.54) is 36.4 Å². The van der Waals surface area contributed by atoms with Crippen molar-refractivity contribution in [3.05, 3.63) is 58.3 Å². The highest BCUT2D eigenvalue weighted by molar-refractivity contribution is 9.10. The molecule has 8 heteroatoms. The second-order valence-corrected chi connectivity index (χ2v) is 7.20. The Morgan fingerprint density at radius 3 is 2.55 bits per heavy atom. The van der Waals surface area contributed by atoms with Gasteiger partial charge in [-0.2, -0.15) is 0 Å². The van der Waals surface area contributed by atoms with Gasteiger partial charge in [-0.1, -0.05) is 22.0 Å². The lowest BCUT2D eigenvalue weighted by Gasteiger charge is -2.09. The molecule has 0 aromatic heterocycles. The number of carbonyl (C=O) groups excluding carboxylic acids is 1. The molecule has 2 N–H and O–H groups in total. The first-order valence-electron chi connectivity index (χ1n) is 6.09. The van der Waals surface area contributed by atoms with Crippen LogP contribution in [-0.4, -0.2) is 20.6 Å². The Morgan fingerprint density at radius 1 is 1.18 bits per heavy atom. The third-order valence-corrected chi connectivity index (χ3v) is 3.71. The van der Waals surface area contributed by atoms with E-state index in [4.69, 9.17) is 0 Å². The van der Waals surface area contributed by atoms with Crippen molar-refractivity contribution < 1.29 is 17.6 Å². The van der Waals surface area contributed by atoms with Crippen molar-refractivity contribution in [3.63, 3.8) is 0 Å². The van der Waals surface area contributed by atoms with E-state index in [-0.39, 0.29) is 16.9 Å². The molecule has 116 valence electrons. The van der Waals surface area contributed by atoms with Gasteiger partial charge in [-0.3, -0.25) is 9.52 Å². The highest BCUT2D eigenvalue weighted by Gasteiger charge is 2.11. The number of rotatable bonds is 4. The second kappa shape index (κ2) is 6.45. The number of sulfonamides is 1. The van der Waals surface area contributed by atoms with E-state index in [0.29, 0.717) is 4.47 Å². The Labute approximate surface area is 135 Å². The van der Waals surface area contributed by atoms with Gasteiger partial charge in [0.1, 0.15) is 5.82 Å². The minimum Gasteiger partial charge on any atom is -0.319 e. The van der Waals surface area contributed by atoms with Crippen molar-refractivity contribution in [1.82, 2.24) is 0 Å². The first-order chi connectivity index (χ1) is 10.2. The maximum atomic E-state index is 13.7. The molecular weight excluding hydrogens is 375 g/mol. The molecule has 0 aliphatic rings. The molecule has 2 rings (SSSR count). The largest absolute Gasteiger partial charge is 0.319 e. The van der Waals surface area contributed by atoms with Gasteiger partial charge in [0.05, 0.1) is 11.9 Å². The number of amides is 1. The number of halogens is 2. The summed E-state index contributed by atoms with van der Waals surface area (Å²) in [5.41, 5.74) is 0.497. The van der Waals surface area contributed by atoms with E-state index >= 15 is 0 Å². The van der Waals surface area contributed by atoms with Crippen molar-refractivity contribution in [2.24, 2.45) is 0 Å². The molecule has 0 heterocycles. The van der Waals surface area contributed by atoms with Crippen LogP contribution in [0.2, 0.25) is 0 Å². The molecule has 0 aliphatic carbocycles. The molecule has 0 fully saturated rings. The summed E-state index contributed by atoms with van der Waals surface area (Å²) >= 11 is 3.13. The Kier molecular flexibility index (Phi) is 4.82. The van der Waals surface area contributed by atoms with Gasteiger partial charge in [0.2, 0.25) is 10.0 Å². The molecule has 2 aromatic carbocycles. The summed E-state index contributed by atoms with van der Waals surface area (Å²) in [7, 11) is -3.44. The molecule has 5 nitrogen and oxygen atoms in total. The number of nitrogens with one attached hydrogen (secondary N) is 2. The fourth-order valence-corrected chi connectivity index (χ4v) is 2.61. The van der Waals surface area contributed by atoms with E-state index in [1.807, 2.05) is 0 Å². The Hall–Kier alpha value is -1.93. The molecule has 0 bridgehead atoms. The normalized spacial score (nSPS) is 11.0. The number of anilines is 2. The molecule has 0 saturated carbocycles. The van der Waals surface area contributed by atoms with Gasteiger partial charge in [0.15, 0.2) is 0 Å². The van der Waals surface area contributed by atoms with Crippen LogP contribution in [0.25, 0.3) is 0 Å². The standard InChI is InChI=1S/C14H12BrFN2O3S/c1-22(20,21)18-11-4-2-3-9(7-11)14(19)17-13-6-5-10(15)8-12(13)16/h2-8,18H,1H3,(H,17,19). The SMILES string of the molecule is CS(=O)(=O)Nc1cccc(C(=O)Nc2ccc(Br)cc2F)c1. The van der Waals surface area contributed by atoms with Crippen LogP contribution in [0.5, 0.6) is 0 Å². The van der Waals surface area contributed by atoms with E-state index in [0.717, 1.165) is 6.26 Å². The number of hydrogen-bond donors (Lipinski definition) is 2. The molecule has 0 aliphatic heterocycles. The van der Waals surface area contributed by atoms with Crippen LogP contribution in [-0.2, 0) is 10.0 Å². The molecule has 22 heavy (non-hydrogen) atoms. The van der Waals surface area contributed by atoms with E-state index < -0.39 is 21.7 Å². The zero-order valence-electron chi connectivity index (χ0n) is 11.4. The monoisotopic (exact) mass is 386 g/mol. The predicted molar refractivity (Wildman–Crippen MR) is 87.0 cm³/mol. The zero-order valence-corrected chi connectivity index (χ0v) is 13.8. The minimum absolute atomic E-state index is 0.0367. The van der Waals surface area contributed by atoms with Crippen molar-refractivity contribution in [3.8, 4) is 0 Å². The molecule has 1 amide bonds. The van der Waals surface area contributed by atoms with Crippen LogP contribution in [0.4, 0.5) is 15.8 Å². The van der Waals surface area contributed by atoms with Gasteiger partial charge in [-0.05, 0) is 36.4 Å². The highest BCUT2D eigenvalue weighted by Crippen LogP contribution is 2.20. The molecule has 0 radical (unpaired) electrons. The third-order valence-electron chi connectivity index (χ3n) is 2.61. The van der Waals surface area contributed by atoms with E-state index in [9.17, 15) is 17.6 Å². The van der Waals surface area contributed by atoms with Crippen molar-refractivity contribution in [2.75, 3.05) is 16.3 Å². The van der Waals surface area contributed by atoms with Crippen molar-refractivity contribution in [2.45, 2.75) is 0 Å². The first kappa shape index (κ1) is 16.4. The molecule has 0 saturated heterocycles. The summed E-state index contributed by atoms with van der Waals surface area (Å²) in [6.45, 7) is 0. The minimum atomic E-state index is -3.44. The van der Waals surface area contributed by atoms with Gasteiger partial charge >= 0.3 is 0 Å². The maximum Gasteiger partial charge on any atom is 0.255 e. The van der Waals surface area contributed by atoms with Gasteiger partial charge in [-0.15, -0.1) is 0 Å². The summed E-state index contributed by atoms with van der Waals surface area (Å²) in [5, 5.41) is 2.43. The van der Waals surface area contributed by atoms with Crippen LogP contribution < -0.4 is 10.0 Å². The maximum absolute atomic E-state index is 13.7. The lowest BCUT2D eigenvalue weighted by Crippen LogP contribution is -2.14. The third kappa shape index (κ3) is 4.54. The molecule has 2 aromatic rings. The van der Waals surface area contributed by atoms with Crippen LogP contribution in [0.1, 0.15) is 10.4 Å². The molecule has 0 spiro atoms. The van der Waals surface area contributed by atoms with Crippen molar-refractivity contribution >= 4 is 43.2 Å². The summed E-state index contributed by atoms with van der Waals surface area (Å²) in [6, 6.07) is 10.2. The van der Waals surface area contributed by atoms with Crippen LogP contribution in [0, 0.1) is 5.82 Å². The van der Waals surface area contributed by atoms with Gasteiger partial charge < -0.3 is 5.32 Å². The summed E-state index contributed by atoms with van der Waals surface area (Å²) < 4.78 is 38.9. The Bertz CT molecular complexity index is 825. The first-order valence-corrected chi connectivity index (χ1v) is 8.77. The predicted octanol–water partition coefficient (Wildman–Crippen LogP) is 3.21. The Morgan fingerprint density at radius 2 is 1.91 bits per heavy atom. The fourth-order valence-electron chi connectivity index (χ4n) is 1.72. The highest BCUT2D eigenvalue weighted by atomic mass is 79.9. The number of carbonyl (C=O) groups is 1. The number of benzene rings is 2. The second-order valence-electron chi connectivity index (χ2n) is 4.53. The van der Waals surface area contributed by atoms with Gasteiger partial charge in [0, 0.05) is 15.7 Å². The van der Waals surface area contributed by atoms with Gasteiger partial charge in [0.25, 0.3) is 5.91 Å². The van der Waals surface area contributed by atoms with Crippen molar-refractivity contribution in [1.29, 1.82) is 0 Å². The topological polar surface area (TPSA) is 75.3 Å². The fraction of sp³-hybridized carbons (Fsp3) is 0.0714. The summed E-state index contributed by atoms with van der Waals surface area (Å²) in [6.07, 6.45) is 1.01. The van der Waals surface area contributed by atoms with E-state index in [1.54, 1.807) is 6.07 Å². The van der Waals surface area contributed by atoms with Crippen LogP contribution >= 0.6 is 15.9 Å². The smallest absolute Gasteiger partial charge is 0.255 e. The molecule has 0 unspecified atom stereocenters. The molecular formula is C14H12BrFN2O3S. The quantitative estimate of drug-likeness (QED) is 0.846. The Balaban J connectivity index is 2.21. The average Bonchev–Trinajstić information content (AvgIpc) is 2.40. The lowest BCUT2D eigenvalue weighted by atomic mass is 10.2. The average molecular weight is 387 g/mol. The summed E-state index contributed by atoms with van der Waals surface area (Å²) in [4.78, 5) is 12.1. The van der Waals surface area contributed by atoms with Crippen LogP contribution in [0.3, 0.4) is 0 Å². The molecule has 0 atom stereocenters. The lowest BCUT2D eigenvalue weighted by molar-refractivity contribution is 0.102. The zero-order chi connectivity index (χ0) is 16.3.